The Morgan fingerprint density at radius 3 is 2.48 bits per heavy atom. The summed E-state index contributed by atoms with van der Waals surface area (Å²) in [4.78, 5) is 28.4. The molecule has 2 aliphatic rings. The van der Waals surface area contributed by atoms with E-state index < -0.39 is 6.04 Å². The highest BCUT2D eigenvalue weighted by Crippen LogP contribution is 2.21. The number of hydrogen-bond donors (Lipinski definition) is 1. The zero-order valence-corrected chi connectivity index (χ0v) is 13.6. The van der Waals surface area contributed by atoms with E-state index in [4.69, 9.17) is 4.74 Å². The van der Waals surface area contributed by atoms with E-state index in [-0.39, 0.29) is 24.1 Å². The Balaban J connectivity index is 1.60. The predicted octanol–water partition coefficient (Wildman–Crippen LogP) is 1.61. The normalized spacial score (nSPS) is 28.1. The molecule has 6 nitrogen and oxygen atoms in total. The van der Waals surface area contributed by atoms with Gasteiger partial charge in [0, 0.05) is 25.3 Å². The molecule has 124 valence electrons. The summed E-state index contributed by atoms with van der Waals surface area (Å²) in [6, 6.07) is 8.93. The Hall–Kier alpha value is -2.08. The number of anilines is 1. The summed E-state index contributed by atoms with van der Waals surface area (Å²) in [5.74, 6) is -0.0427. The van der Waals surface area contributed by atoms with Gasteiger partial charge in [-0.3, -0.25) is 4.79 Å². The van der Waals surface area contributed by atoms with E-state index in [1.165, 1.54) is 0 Å². The van der Waals surface area contributed by atoms with Crippen LogP contribution in [0.3, 0.4) is 0 Å². The van der Waals surface area contributed by atoms with E-state index in [1.807, 2.05) is 44.2 Å². The van der Waals surface area contributed by atoms with Gasteiger partial charge in [-0.05, 0) is 32.4 Å². The lowest BCUT2D eigenvalue weighted by Crippen LogP contribution is -2.54. The maximum atomic E-state index is 12.5. The molecule has 0 saturated carbocycles. The Bertz CT molecular complexity index is 568. The molecule has 0 aliphatic carbocycles. The number of nitrogens with one attached hydrogen (secondary N) is 1. The molecular formula is C17H23N3O3. The van der Waals surface area contributed by atoms with Crippen molar-refractivity contribution in [2.75, 3.05) is 24.5 Å². The average Bonchev–Trinajstić information content (AvgIpc) is 2.88. The lowest BCUT2D eigenvalue weighted by molar-refractivity contribution is -0.118. The second kappa shape index (κ2) is 6.58. The molecule has 1 N–H and O–H groups in total. The van der Waals surface area contributed by atoms with Crippen molar-refractivity contribution in [3.63, 3.8) is 0 Å². The summed E-state index contributed by atoms with van der Waals surface area (Å²) >= 11 is 0. The number of morpholine rings is 1. The Morgan fingerprint density at radius 1 is 1.17 bits per heavy atom. The highest BCUT2D eigenvalue weighted by molar-refractivity contribution is 6.01. The van der Waals surface area contributed by atoms with Crippen molar-refractivity contribution in [3.8, 4) is 0 Å². The van der Waals surface area contributed by atoms with Gasteiger partial charge in [-0.25, -0.2) is 4.79 Å². The molecule has 3 amide bonds. The number of urea groups is 1. The van der Waals surface area contributed by atoms with E-state index in [9.17, 15) is 9.59 Å². The van der Waals surface area contributed by atoms with Gasteiger partial charge in [0.15, 0.2) is 0 Å². The van der Waals surface area contributed by atoms with Crippen molar-refractivity contribution in [2.45, 2.75) is 38.5 Å². The molecule has 2 aliphatic heterocycles. The minimum absolute atomic E-state index is 0.0181. The fourth-order valence-electron chi connectivity index (χ4n) is 3.26. The maximum Gasteiger partial charge on any atom is 0.318 e. The first-order valence-corrected chi connectivity index (χ1v) is 8.12. The van der Waals surface area contributed by atoms with Gasteiger partial charge in [-0.1, -0.05) is 18.2 Å². The number of rotatable bonds is 2. The number of amides is 3. The fraction of sp³-hybridized carbons (Fsp3) is 0.529. The van der Waals surface area contributed by atoms with Crippen LogP contribution in [0.15, 0.2) is 30.3 Å². The van der Waals surface area contributed by atoms with Crippen LogP contribution in [0.2, 0.25) is 0 Å². The Labute approximate surface area is 136 Å². The standard InChI is InChI=1S/C17H23N3O3/c1-12-10-19(11-13(2)23-12)17(22)18-15-8-9-20(16(15)21)14-6-4-3-5-7-14/h3-7,12-13,15H,8-11H2,1-2H3,(H,18,22)/t12-,13+,15-/m1/s1. The van der Waals surface area contributed by atoms with E-state index in [1.54, 1.807) is 9.80 Å². The van der Waals surface area contributed by atoms with Crippen LogP contribution in [0.1, 0.15) is 20.3 Å². The van der Waals surface area contributed by atoms with Crippen molar-refractivity contribution in [3.05, 3.63) is 30.3 Å². The SMILES string of the molecule is C[C@@H]1CN(C(=O)N[C@@H]2CCN(c3ccccc3)C2=O)C[C@H](C)O1. The Morgan fingerprint density at radius 2 is 1.83 bits per heavy atom. The van der Waals surface area contributed by atoms with Crippen molar-refractivity contribution >= 4 is 17.6 Å². The molecule has 3 rings (SSSR count). The molecule has 2 fully saturated rings. The molecule has 0 spiro atoms. The first kappa shape index (κ1) is 15.8. The zero-order valence-electron chi connectivity index (χ0n) is 13.6. The smallest absolute Gasteiger partial charge is 0.318 e. The quantitative estimate of drug-likeness (QED) is 0.901. The number of carbonyl (C=O) groups is 2. The fourth-order valence-corrected chi connectivity index (χ4v) is 3.26. The van der Waals surface area contributed by atoms with Crippen LogP contribution in [0.25, 0.3) is 0 Å². The van der Waals surface area contributed by atoms with E-state index >= 15 is 0 Å². The molecule has 0 unspecified atom stereocenters. The van der Waals surface area contributed by atoms with Crippen LogP contribution >= 0.6 is 0 Å². The first-order chi connectivity index (χ1) is 11.0. The highest BCUT2D eigenvalue weighted by atomic mass is 16.5. The van der Waals surface area contributed by atoms with Gasteiger partial charge >= 0.3 is 6.03 Å². The van der Waals surface area contributed by atoms with Gasteiger partial charge in [0.05, 0.1) is 12.2 Å². The molecule has 1 aromatic carbocycles. The first-order valence-electron chi connectivity index (χ1n) is 8.12. The number of carbonyl (C=O) groups excluding carboxylic acids is 2. The van der Waals surface area contributed by atoms with Crippen LogP contribution in [0, 0.1) is 0 Å². The van der Waals surface area contributed by atoms with Gasteiger partial charge in [0.25, 0.3) is 0 Å². The third-order valence-corrected chi connectivity index (χ3v) is 4.28. The molecule has 0 aromatic heterocycles. The van der Waals surface area contributed by atoms with Gasteiger partial charge < -0.3 is 19.9 Å². The number of nitrogens with zero attached hydrogens (tertiary/aromatic N) is 2. The summed E-state index contributed by atoms with van der Waals surface area (Å²) in [6.07, 6.45) is 0.670. The third-order valence-electron chi connectivity index (χ3n) is 4.28. The van der Waals surface area contributed by atoms with Gasteiger partial charge in [0.1, 0.15) is 6.04 Å². The molecular weight excluding hydrogens is 294 g/mol. The summed E-state index contributed by atoms with van der Waals surface area (Å²) in [5, 5.41) is 2.88. The topological polar surface area (TPSA) is 61.9 Å². The Kier molecular flexibility index (Phi) is 4.52. The molecule has 6 heteroatoms. The molecule has 23 heavy (non-hydrogen) atoms. The van der Waals surface area contributed by atoms with Crippen molar-refractivity contribution in [1.29, 1.82) is 0 Å². The lowest BCUT2D eigenvalue weighted by atomic mass is 10.2. The molecule has 2 heterocycles. The van der Waals surface area contributed by atoms with E-state index in [0.29, 0.717) is 26.1 Å². The molecule has 2 saturated heterocycles. The van der Waals surface area contributed by atoms with Crippen LogP contribution in [-0.4, -0.2) is 54.7 Å². The van der Waals surface area contributed by atoms with Crippen LogP contribution in [-0.2, 0) is 9.53 Å². The minimum Gasteiger partial charge on any atom is -0.372 e. The number of ether oxygens (including phenoxy) is 1. The second-order valence-electron chi connectivity index (χ2n) is 6.28. The highest BCUT2D eigenvalue weighted by Gasteiger charge is 2.35. The second-order valence-corrected chi connectivity index (χ2v) is 6.28. The molecule has 0 radical (unpaired) electrons. The number of para-hydroxylation sites is 1. The average molecular weight is 317 g/mol. The largest absolute Gasteiger partial charge is 0.372 e. The summed E-state index contributed by atoms with van der Waals surface area (Å²) < 4.78 is 5.64. The van der Waals surface area contributed by atoms with Crippen LogP contribution in [0.4, 0.5) is 10.5 Å². The summed E-state index contributed by atoms with van der Waals surface area (Å²) in [6.45, 7) is 5.64. The molecule has 1 aromatic rings. The van der Waals surface area contributed by atoms with Crippen LogP contribution in [0.5, 0.6) is 0 Å². The van der Waals surface area contributed by atoms with Gasteiger partial charge in [-0.15, -0.1) is 0 Å². The number of hydrogen-bond acceptors (Lipinski definition) is 3. The van der Waals surface area contributed by atoms with E-state index in [2.05, 4.69) is 5.32 Å². The third kappa shape index (κ3) is 3.47. The van der Waals surface area contributed by atoms with Gasteiger partial charge in [0.2, 0.25) is 5.91 Å². The number of benzene rings is 1. The zero-order chi connectivity index (χ0) is 16.4. The lowest BCUT2D eigenvalue weighted by Gasteiger charge is -2.35. The van der Waals surface area contributed by atoms with Gasteiger partial charge in [-0.2, -0.15) is 0 Å². The maximum absolute atomic E-state index is 12.5. The predicted molar refractivity (Wildman–Crippen MR) is 87.3 cm³/mol. The summed E-state index contributed by atoms with van der Waals surface area (Å²) in [7, 11) is 0. The molecule has 0 bridgehead atoms. The van der Waals surface area contributed by atoms with Crippen LogP contribution < -0.4 is 10.2 Å². The van der Waals surface area contributed by atoms with Crippen molar-refractivity contribution < 1.29 is 14.3 Å². The monoisotopic (exact) mass is 317 g/mol. The van der Waals surface area contributed by atoms with Crippen molar-refractivity contribution in [1.82, 2.24) is 10.2 Å². The summed E-state index contributed by atoms with van der Waals surface area (Å²) in [5.41, 5.74) is 0.878. The van der Waals surface area contributed by atoms with E-state index in [0.717, 1.165) is 5.69 Å². The van der Waals surface area contributed by atoms with Crippen molar-refractivity contribution in [2.24, 2.45) is 0 Å². The minimum atomic E-state index is -0.448. The molecule has 3 atom stereocenters.